The van der Waals surface area contributed by atoms with E-state index in [1.807, 2.05) is 49.7 Å². The van der Waals surface area contributed by atoms with Crippen LogP contribution in [0, 0.1) is 27.7 Å². The first-order chi connectivity index (χ1) is 13.2. The van der Waals surface area contributed by atoms with Crippen LogP contribution in [0.5, 0.6) is 11.5 Å². The third-order valence-electron chi connectivity index (χ3n) is 5.11. The van der Waals surface area contributed by atoms with Gasteiger partial charge in [0.05, 0.1) is 16.9 Å². The first-order valence-electron chi connectivity index (χ1n) is 9.10. The SMILES string of the molecule is Cc1ccccc1-n1nc(C)c(CN(C)C(=O)c2ccc(C)c(O)c2O)c1C. The Kier molecular flexibility index (Phi) is 5.14. The Labute approximate surface area is 164 Å². The van der Waals surface area contributed by atoms with E-state index in [0.717, 1.165) is 28.2 Å². The van der Waals surface area contributed by atoms with Crippen LogP contribution in [0.15, 0.2) is 36.4 Å². The van der Waals surface area contributed by atoms with Crippen molar-refractivity contribution in [3.63, 3.8) is 0 Å². The van der Waals surface area contributed by atoms with Crippen LogP contribution in [-0.2, 0) is 6.54 Å². The van der Waals surface area contributed by atoms with Gasteiger partial charge in [-0.05, 0) is 51.0 Å². The Bertz CT molecular complexity index is 1050. The molecular weight excluding hydrogens is 354 g/mol. The fourth-order valence-electron chi connectivity index (χ4n) is 3.31. The monoisotopic (exact) mass is 379 g/mol. The highest BCUT2D eigenvalue weighted by atomic mass is 16.3. The lowest BCUT2D eigenvalue weighted by molar-refractivity contribution is 0.0781. The van der Waals surface area contributed by atoms with E-state index in [1.54, 1.807) is 20.0 Å². The van der Waals surface area contributed by atoms with Gasteiger partial charge in [0.2, 0.25) is 0 Å². The normalized spacial score (nSPS) is 10.9. The van der Waals surface area contributed by atoms with Crippen molar-refractivity contribution < 1.29 is 15.0 Å². The van der Waals surface area contributed by atoms with Gasteiger partial charge in [0.25, 0.3) is 5.91 Å². The highest BCUT2D eigenvalue weighted by Crippen LogP contribution is 2.33. The van der Waals surface area contributed by atoms with E-state index in [4.69, 9.17) is 0 Å². The average Bonchev–Trinajstić information content (AvgIpc) is 2.94. The summed E-state index contributed by atoms with van der Waals surface area (Å²) < 4.78 is 1.90. The number of phenols is 2. The van der Waals surface area contributed by atoms with Crippen LogP contribution in [0.2, 0.25) is 0 Å². The number of nitrogens with zero attached hydrogens (tertiary/aromatic N) is 3. The number of aromatic hydroxyl groups is 2. The number of amides is 1. The Hall–Kier alpha value is -3.28. The number of aryl methyl sites for hydroxylation is 3. The van der Waals surface area contributed by atoms with E-state index in [1.165, 1.54) is 11.0 Å². The quantitative estimate of drug-likeness (QED) is 0.676. The first kappa shape index (κ1) is 19.5. The average molecular weight is 379 g/mol. The van der Waals surface area contributed by atoms with Crippen LogP contribution in [0.3, 0.4) is 0 Å². The van der Waals surface area contributed by atoms with Gasteiger partial charge in [-0.25, -0.2) is 4.68 Å². The molecule has 0 fully saturated rings. The van der Waals surface area contributed by atoms with E-state index in [9.17, 15) is 15.0 Å². The number of hydrogen-bond donors (Lipinski definition) is 2. The standard InChI is InChI=1S/C22H25N3O3/c1-13-8-6-7-9-19(13)25-16(4)18(15(3)23-25)12-24(5)22(28)17-11-10-14(2)20(26)21(17)27/h6-11,26-27H,12H2,1-5H3. The van der Waals surface area contributed by atoms with Gasteiger partial charge in [-0.2, -0.15) is 5.10 Å². The molecule has 1 heterocycles. The summed E-state index contributed by atoms with van der Waals surface area (Å²) in [5.74, 6) is -1.02. The second-order valence-electron chi connectivity index (χ2n) is 7.14. The van der Waals surface area contributed by atoms with Gasteiger partial charge in [-0.3, -0.25) is 4.79 Å². The molecule has 6 heteroatoms. The van der Waals surface area contributed by atoms with E-state index in [0.29, 0.717) is 12.1 Å². The Balaban J connectivity index is 1.91. The largest absolute Gasteiger partial charge is 0.504 e. The molecule has 0 aliphatic heterocycles. The summed E-state index contributed by atoms with van der Waals surface area (Å²) in [7, 11) is 1.67. The molecule has 0 aliphatic rings. The second kappa shape index (κ2) is 7.38. The minimum atomic E-state index is -0.388. The predicted molar refractivity (Wildman–Crippen MR) is 108 cm³/mol. The fraction of sp³-hybridized carbons (Fsp3) is 0.273. The van der Waals surface area contributed by atoms with E-state index in [2.05, 4.69) is 5.10 Å². The third kappa shape index (κ3) is 3.33. The van der Waals surface area contributed by atoms with Gasteiger partial charge in [0, 0.05) is 24.8 Å². The highest BCUT2D eigenvalue weighted by Gasteiger charge is 2.22. The number of para-hydroxylation sites is 1. The molecule has 146 valence electrons. The molecule has 0 saturated heterocycles. The number of carbonyl (C=O) groups is 1. The van der Waals surface area contributed by atoms with Crippen molar-refractivity contribution in [2.24, 2.45) is 0 Å². The molecular formula is C22H25N3O3. The summed E-state index contributed by atoms with van der Waals surface area (Å²) in [5.41, 5.74) is 5.47. The van der Waals surface area contributed by atoms with Crippen molar-refractivity contribution in [1.29, 1.82) is 0 Å². The lowest BCUT2D eigenvalue weighted by atomic mass is 10.1. The Morgan fingerprint density at radius 1 is 1.00 bits per heavy atom. The Morgan fingerprint density at radius 3 is 2.36 bits per heavy atom. The van der Waals surface area contributed by atoms with Crippen LogP contribution in [-0.4, -0.2) is 37.8 Å². The smallest absolute Gasteiger partial charge is 0.257 e. The van der Waals surface area contributed by atoms with Crippen LogP contribution in [0.4, 0.5) is 0 Å². The third-order valence-corrected chi connectivity index (χ3v) is 5.11. The molecule has 0 saturated carbocycles. The van der Waals surface area contributed by atoms with E-state index < -0.39 is 0 Å². The molecule has 2 aromatic carbocycles. The van der Waals surface area contributed by atoms with Crippen LogP contribution < -0.4 is 0 Å². The molecule has 0 spiro atoms. The van der Waals surface area contributed by atoms with Crippen LogP contribution >= 0.6 is 0 Å². The summed E-state index contributed by atoms with van der Waals surface area (Å²) in [6, 6.07) is 11.2. The molecule has 1 aromatic heterocycles. The maximum Gasteiger partial charge on any atom is 0.257 e. The predicted octanol–water partition coefficient (Wildman–Crippen LogP) is 3.79. The number of carbonyl (C=O) groups excluding carboxylic acids is 1. The first-order valence-corrected chi connectivity index (χ1v) is 9.10. The molecule has 0 unspecified atom stereocenters. The summed E-state index contributed by atoms with van der Waals surface area (Å²) in [4.78, 5) is 14.3. The van der Waals surface area contributed by atoms with Gasteiger partial charge >= 0.3 is 0 Å². The van der Waals surface area contributed by atoms with Crippen molar-refractivity contribution >= 4 is 5.91 Å². The summed E-state index contributed by atoms with van der Waals surface area (Å²) in [5, 5.41) is 24.7. The van der Waals surface area contributed by atoms with E-state index >= 15 is 0 Å². The van der Waals surface area contributed by atoms with E-state index in [-0.39, 0.29) is 23.0 Å². The molecule has 0 radical (unpaired) electrons. The number of phenolic OH excluding ortho intramolecular Hbond substituents is 2. The van der Waals surface area contributed by atoms with Gasteiger partial charge in [-0.1, -0.05) is 24.3 Å². The van der Waals surface area contributed by atoms with Crippen LogP contribution in [0.1, 0.15) is 38.4 Å². The lowest BCUT2D eigenvalue weighted by Crippen LogP contribution is -2.26. The molecule has 1 amide bonds. The molecule has 28 heavy (non-hydrogen) atoms. The zero-order chi connectivity index (χ0) is 20.6. The minimum absolute atomic E-state index is 0.0761. The zero-order valence-corrected chi connectivity index (χ0v) is 16.8. The number of aromatic nitrogens is 2. The molecule has 0 aliphatic carbocycles. The summed E-state index contributed by atoms with van der Waals surface area (Å²) in [6.45, 7) is 7.95. The van der Waals surface area contributed by atoms with Crippen molar-refractivity contribution in [3.8, 4) is 17.2 Å². The number of rotatable bonds is 4. The molecule has 3 rings (SSSR count). The maximum atomic E-state index is 12.8. The van der Waals surface area contributed by atoms with Gasteiger partial charge < -0.3 is 15.1 Å². The van der Waals surface area contributed by atoms with Crippen molar-refractivity contribution in [3.05, 3.63) is 70.0 Å². The molecule has 2 N–H and O–H groups in total. The second-order valence-corrected chi connectivity index (χ2v) is 7.14. The topological polar surface area (TPSA) is 78.6 Å². The highest BCUT2D eigenvalue weighted by molar-refractivity contribution is 5.97. The zero-order valence-electron chi connectivity index (χ0n) is 16.8. The summed E-state index contributed by atoms with van der Waals surface area (Å²) >= 11 is 0. The van der Waals surface area contributed by atoms with Crippen molar-refractivity contribution in [2.45, 2.75) is 34.2 Å². The number of hydrogen-bond acceptors (Lipinski definition) is 4. The van der Waals surface area contributed by atoms with Gasteiger partial charge in [0.1, 0.15) is 0 Å². The lowest BCUT2D eigenvalue weighted by Gasteiger charge is -2.19. The maximum absolute atomic E-state index is 12.8. The molecule has 6 nitrogen and oxygen atoms in total. The van der Waals surface area contributed by atoms with Gasteiger partial charge in [-0.15, -0.1) is 0 Å². The van der Waals surface area contributed by atoms with Crippen LogP contribution in [0.25, 0.3) is 5.69 Å². The number of benzene rings is 2. The molecule has 0 atom stereocenters. The molecule has 0 bridgehead atoms. The molecule has 3 aromatic rings. The van der Waals surface area contributed by atoms with Crippen molar-refractivity contribution in [1.82, 2.24) is 14.7 Å². The van der Waals surface area contributed by atoms with Crippen molar-refractivity contribution in [2.75, 3.05) is 7.05 Å². The minimum Gasteiger partial charge on any atom is -0.504 e. The summed E-state index contributed by atoms with van der Waals surface area (Å²) in [6.07, 6.45) is 0. The van der Waals surface area contributed by atoms with Gasteiger partial charge in [0.15, 0.2) is 11.5 Å². The Morgan fingerprint density at radius 2 is 1.68 bits per heavy atom. The fourth-order valence-corrected chi connectivity index (χ4v) is 3.31.